The molecular formula is C24H29N5OS2. The third kappa shape index (κ3) is 5.30. The molecular weight excluding hydrogens is 438 g/mol. The second kappa shape index (κ2) is 10.0. The van der Waals surface area contributed by atoms with Gasteiger partial charge in [-0.05, 0) is 25.5 Å². The Bertz CT molecular complexity index is 1090. The van der Waals surface area contributed by atoms with E-state index in [0.717, 1.165) is 57.3 Å². The number of thioether (sulfide) groups is 1. The molecule has 0 saturated carbocycles. The molecule has 168 valence electrons. The maximum Gasteiger partial charge on any atom is 0.254 e. The molecule has 3 aromatic rings. The maximum absolute atomic E-state index is 13.3. The molecule has 2 aromatic heterocycles. The van der Waals surface area contributed by atoms with E-state index in [1.54, 1.807) is 23.1 Å². The van der Waals surface area contributed by atoms with Crippen LogP contribution in [0.3, 0.4) is 0 Å². The van der Waals surface area contributed by atoms with Gasteiger partial charge in [-0.1, -0.05) is 43.8 Å². The van der Waals surface area contributed by atoms with Crippen LogP contribution in [0.1, 0.15) is 52.9 Å². The molecule has 0 aliphatic carbocycles. The topological polar surface area (TPSA) is 62.2 Å². The Morgan fingerprint density at radius 2 is 1.81 bits per heavy atom. The molecule has 1 fully saturated rings. The van der Waals surface area contributed by atoms with Gasteiger partial charge >= 0.3 is 0 Å². The van der Waals surface area contributed by atoms with E-state index in [4.69, 9.17) is 4.98 Å². The Morgan fingerprint density at radius 1 is 1.06 bits per heavy atom. The Balaban J connectivity index is 1.42. The minimum absolute atomic E-state index is 0.109. The van der Waals surface area contributed by atoms with Crippen molar-refractivity contribution in [3.63, 3.8) is 0 Å². The quantitative estimate of drug-likeness (QED) is 0.479. The van der Waals surface area contributed by atoms with E-state index in [0.29, 0.717) is 19.0 Å². The summed E-state index contributed by atoms with van der Waals surface area (Å²) in [6.07, 6.45) is 0. The van der Waals surface area contributed by atoms with Gasteiger partial charge in [0.25, 0.3) is 5.91 Å². The Hall–Kier alpha value is -2.45. The van der Waals surface area contributed by atoms with E-state index in [1.807, 2.05) is 49.1 Å². The van der Waals surface area contributed by atoms with Crippen LogP contribution in [0.15, 0.2) is 40.1 Å². The zero-order chi connectivity index (χ0) is 22.7. The second-order valence-electron chi connectivity index (χ2n) is 8.36. The predicted octanol–water partition coefficient (Wildman–Crippen LogP) is 4.93. The lowest BCUT2D eigenvalue weighted by molar-refractivity contribution is 0.0745. The lowest BCUT2D eigenvalue weighted by Crippen LogP contribution is -2.49. The highest BCUT2D eigenvalue weighted by Gasteiger charge is 2.25. The van der Waals surface area contributed by atoms with Crippen LogP contribution in [0.25, 0.3) is 0 Å². The summed E-state index contributed by atoms with van der Waals surface area (Å²) in [7, 11) is 0. The van der Waals surface area contributed by atoms with Gasteiger partial charge in [-0.15, -0.1) is 11.3 Å². The Morgan fingerprint density at radius 3 is 2.50 bits per heavy atom. The molecule has 0 unspecified atom stereocenters. The highest BCUT2D eigenvalue weighted by molar-refractivity contribution is 8.00. The Kier molecular flexibility index (Phi) is 7.10. The van der Waals surface area contributed by atoms with E-state index in [2.05, 4.69) is 34.1 Å². The summed E-state index contributed by atoms with van der Waals surface area (Å²) >= 11 is 3.34. The number of nitrogens with zero attached hydrogens (tertiary/aromatic N) is 5. The molecule has 4 rings (SSSR count). The van der Waals surface area contributed by atoms with Crippen molar-refractivity contribution in [2.75, 3.05) is 31.1 Å². The van der Waals surface area contributed by atoms with Gasteiger partial charge < -0.3 is 9.80 Å². The molecule has 0 spiro atoms. The smallest absolute Gasteiger partial charge is 0.254 e. The molecule has 8 heteroatoms. The third-order valence-corrected chi connectivity index (χ3v) is 7.65. The van der Waals surface area contributed by atoms with Gasteiger partial charge in [0.2, 0.25) is 0 Å². The normalized spacial score (nSPS) is 14.3. The first-order chi connectivity index (χ1) is 15.4. The number of anilines is 1. The van der Waals surface area contributed by atoms with Crippen molar-refractivity contribution in [3.05, 3.63) is 64.1 Å². The molecule has 0 bridgehead atoms. The van der Waals surface area contributed by atoms with Crippen LogP contribution in [-0.4, -0.2) is 51.9 Å². The van der Waals surface area contributed by atoms with Crippen LogP contribution in [0.5, 0.6) is 0 Å². The van der Waals surface area contributed by atoms with Gasteiger partial charge in [-0.3, -0.25) is 4.79 Å². The van der Waals surface area contributed by atoms with E-state index in [-0.39, 0.29) is 5.91 Å². The zero-order valence-electron chi connectivity index (χ0n) is 19.0. The van der Waals surface area contributed by atoms with E-state index in [9.17, 15) is 4.79 Å². The molecule has 0 atom stereocenters. The number of thiazole rings is 1. The first-order valence-corrected chi connectivity index (χ1v) is 12.8. The van der Waals surface area contributed by atoms with E-state index < -0.39 is 0 Å². The second-order valence-corrected chi connectivity index (χ2v) is 10.4. The summed E-state index contributed by atoms with van der Waals surface area (Å²) in [4.78, 5) is 31.4. The predicted molar refractivity (Wildman–Crippen MR) is 132 cm³/mol. The number of piperazine rings is 1. The fourth-order valence-electron chi connectivity index (χ4n) is 3.70. The molecule has 1 aliphatic rings. The largest absolute Gasteiger partial charge is 0.353 e. The number of carbonyl (C=O) groups is 1. The zero-order valence-corrected chi connectivity index (χ0v) is 20.7. The molecule has 1 amide bonds. The minimum Gasteiger partial charge on any atom is -0.353 e. The molecule has 32 heavy (non-hydrogen) atoms. The molecule has 0 N–H and O–H groups in total. The van der Waals surface area contributed by atoms with Gasteiger partial charge in [-0.2, -0.15) is 0 Å². The lowest BCUT2D eigenvalue weighted by Gasteiger charge is -2.36. The van der Waals surface area contributed by atoms with E-state index in [1.165, 1.54) is 0 Å². The molecule has 1 aliphatic heterocycles. The number of hydrogen-bond donors (Lipinski definition) is 0. The maximum atomic E-state index is 13.3. The van der Waals surface area contributed by atoms with Crippen LogP contribution in [-0.2, 0) is 5.75 Å². The fraction of sp³-hybridized carbons (Fsp3) is 0.417. The minimum atomic E-state index is 0.109. The number of rotatable bonds is 6. The van der Waals surface area contributed by atoms with Crippen LogP contribution in [0.2, 0.25) is 0 Å². The summed E-state index contributed by atoms with van der Waals surface area (Å²) in [5.41, 5.74) is 3.88. The molecule has 6 nitrogen and oxygen atoms in total. The van der Waals surface area contributed by atoms with Crippen molar-refractivity contribution >= 4 is 34.8 Å². The van der Waals surface area contributed by atoms with Crippen LogP contribution >= 0.6 is 23.1 Å². The monoisotopic (exact) mass is 467 g/mol. The number of aromatic nitrogens is 3. The molecule has 1 aromatic carbocycles. The van der Waals surface area contributed by atoms with Gasteiger partial charge in [0.15, 0.2) is 0 Å². The first kappa shape index (κ1) is 22.7. The number of hydrogen-bond acceptors (Lipinski definition) is 7. The van der Waals surface area contributed by atoms with E-state index >= 15 is 0 Å². The van der Waals surface area contributed by atoms with Gasteiger partial charge in [0.05, 0.1) is 0 Å². The molecule has 1 saturated heterocycles. The SMILES string of the molecule is Cc1cc(N2CCN(C(=O)c3ccccc3CSc3nc(C)cs3)CC2)nc(C(C)C)n1. The van der Waals surface area contributed by atoms with Crippen LogP contribution < -0.4 is 4.90 Å². The van der Waals surface area contributed by atoms with Crippen molar-refractivity contribution in [1.29, 1.82) is 0 Å². The summed E-state index contributed by atoms with van der Waals surface area (Å²) in [5, 5.41) is 2.06. The molecule has 0 radical (unpaired) electrons. The van der Waals surface area contributed by atoms with Crippen molar-refractivity contribution in [2.45, 2.75) is 43.7 Å². The van der Waals surface area contributed by atoms with Crippen molar-refractivity contribution < 1.29 is 4.79 Å². The average Bonchev–Trinajstić information content (AvgIpc) is 3.22. The lowest BCUT2D eigenvalue weighted by atomic mass is 10.1. The van der Waals surface area contributed by atoms with Crippen molar-refractivity contribution in [3.8, 4) is 0 Å². The highest BCUT2D eigenvalue weighted by atomic mass is 32.2. The number of carbonyl (C=O) groups excluding carboxylic acids is 1. The van der Waals surface area contributed by atoms with Gasteiger partial charge in [0.1, 0.15) is 16.0 Å². The molecule has 3 heterocycles. The number of amides is 1. The number of aryl methyl sites for hydroxylation is 2. The third-order valence-electron chi connectivity index (χ3n) is 5.46. The summed E-state index contributed by atoms with van der Waals surface area (Å²) in [6.45, 7) is 11.2. The van der Waals surface area contributed by atoms with Crippen LogP contribution in [0, 0.1) is 13.8 Å². The summed E-state index contributed by atoms with van der Waals surface area (Å²) < 4.78 is 1.04. The van der Waals surface area contributed by atoms with Gasteiger partial charge in [-0.25, -0.2) is 15.0 Å². The fourth-order valence-corrected chi connectivity index (χ4v) is 5.55. The average molecular weight is 468 g/mol. The van der Waals surface area contributed by atoms with Crippen LogP contribution in [0.4, 0.5) is 5.82 Å². The highest BCUT2D eigenvalue weighted by Crippen LogP contribution is 2.28. The van der Waals surface area contributed by atoms with Crippen molar-refractivity contribution in [1.82, 2.24) is 19.9 Å². The standard InChI is InChI=1S/C24H29N5OS2/c1-16(2)22-25-17(3)13-21(27-22)28-9-11-29(12-10-28)23(30)20-8-6-5-7-19(20)15-32-24-26-18(4)14-31-24/h5-8,13-14,16H,9-12,15H2,1-4H3. The van der Waals surface area contributed by atoms with Gasteiger partial charge in [0, 0.05) is 66.2 Å². The van der Waals surface area contributed by atoms with Crippen molar-refractivity contribution in [2.24, 2.45) is 0 Å². The number of benzene rings is 1. The first-order valence-electron chi connectivity index (χ1n) is 10.9. The Labute approximate surface area is 198 Å². The summed E-state index contributed by atoms with van der Waals surface area (Å²) in [6, 6.07) is 9.98. The summed E-state index contributed by atoms with van der Waals surface area (Å²) in [5.74, 6) is 2.98.